The molecule has 0 unspecified atom stereocenters. The van der Waals surface area contributed by atoms with Gasteiger partial charge >= 0.3 is 5.97 Å². The molecule has 6 heteroatoms. The summed E-state index contributed by atoms with van der Waals surface area (Å²) in [6.07, 6.45) is 0.924. The first-order valence-electron chi connectivity index (χ1n) is 8.04. The standard InChI is InChI=1S/C18H20FN3O2/c19-15-6-2-1-5-14(15)13-21-9-4-10-22(12-11-21)17-8-3-7-16(20-17)18(23)24/h1-3,5-8H,4,9-13H2,(H,23,24). The highest BCUT2D eigenvalue weighted by Gasteiger charge is 2.18. The van der Waals surface area contributed by atoms with Crippen LogP contribution in [-0.2, 0) is 6.54 Å². The number of aromatic carboxylic acids is 1. The third kappa shape index (κ3) is 3.89. The van der Waals surface area contributed by atoms with Gasteiger partial charge in [0, 0.05) is 38.3 Å². The highest BCUT2D eigenvalue weighted by Crippen LogP contribution is 2.17. The van der Waals surface area contributed by atoms with Gasteiger partial charge in [0.25, 0.3) is 0 Å². The van der Waals surface area contributed by atoms with Gasteiger partial charge < -0.3 is 10.0 Å². The van der Waals surface area contributed by atoms with Gasteiger partial charge in [-0.1, -0.05) is 24.3 Å². The van der Waals surface area contributed by atoms with E-state index in [1.54, 1.807) is 12.1 Å². The van der Waals surface area contributed by atoms with Crippen LogP contribution in [0.25, 0.3) is 0 Å². The van der Waals surface area contributed by atoms with Gasteiger partial charge in [0.15, 0.2) is 5.69 Å². The molecule has 0 atom stereocenters. The van der Waals surface area contributed by atoms with Crippen molar-refractivity contribution >= 4 is 11.8 Å². The van der Waals surface area contributed by atoms with E-state index >= 15 is 0 Å². The van der Waals surface area contributed by atoms with Crippen LogP contribution in [-0.4, -0.2) is 47.1 Å². The van der Waals surface area contributed by atoms with E-state index in [-0.39, 0.29) is 11.5 Å². The summed E-state index contributed by atoms with van der Waals surface area (Å²) in [5.41, 5.74) is 0.761. The molecule has 0 bridgehead atoms. The molecule has 1 aromatic heterocycles. The fraction of sp³-hybridized carbons (Fsp3) is 0.333. The number of rotatable bonds is 4. The summed E-state index contributed by atoms with van der Waals surface area (Å²) in [5, 5.41) is 9.07. The molecule has 1 aliphatic rings. The summed E-state index contributed by atoms with van der Waals surface area (Å²) in [4.78, 5) is 19.6. The number of carbonyl (C=O) groups is 1. The highest BCUT2D eigenvalue weighted by molar-refractivity contribution is 5.85. The Morgan fingerprint density at radius 3 is 2.71 bits per heavy atom. The summed E-state index contributed by atoms with van der Waals surface area (Å²) in [7, 11) is 0. The number of anilines is 1. The van der Waals surface area contributed by atoms with Crippen LogP contribution in [0.5, 0.6) is 0 Å². The van der Waals surface area contributed by atoms with Crippen LogP contribution in [0.2, 0.25) is 0 Å². The number of hydrogen-bond acceptors (Lipinski definition) is 4. The lowest BCUT2D eigenvalue weighted by atomic mass is 10.2. The van der Waals surface area contributed by atoms with Crippen LogP contribution < -0.4 is 4.90 Å². The maximum atomic E-state index is 13.8. The van der Waals surface area contributed by atoms with Crippen molar-refractivity contribution in [2.24, 2.45) is 0 Å². The van der Waals surface area contributed by atoms with E-state index in [0.717, 1.165) is 32.6 Å². The largest absolute Gasteiger partial charge is 0.477 e. The molecule has 2 aromatic rings. The molecule has 2 heterocycles. The fourth-order valence-electron chi connectivity index (χ4n) is 2.94. The SMILES string of the molecule is O=C(O)c1cccc(N2CCCN(Cc3ccccc3F)CC2)n1. The van der Waals surface area contributed by atoms with Gasteiger partial charge in [-0.05, 0) is 24.6 Å². The number of halogens is 1. The van der Waals surface area contributed by atoms with Crippen molar-refractivity contribution in [1.82, 2.24) is 9.88 Å². The van der Waals surface area contributed by atoms with Crippen LogP contribution in [0, 0.1) is 5.82 Å². The Bertz CT molecular complexity index is 723. The third-order valence-corrected chi connectivity index (χ3v) is 4.22. The number of nitrogens with zero attached hydrogens (tertiary/aromatic N) is 3. The minimum atomic E-state index is -1.02. The van der Waals surface area contributed by atoms with Crippen molar-refractivity contribution in [1.29, 1.82) is 0 Å². The average molecular weight is 329 g/mol. The van der Waals surface area contributed by atoms with Crippen LogP contribution in [0.1, 0.15) is 22.5 Å². The molecule has 1 N–H and O–H groups in total. The molecular weight excluding hydrogens is 309 g/mol. The van der Waals surface area contributed by atoms with E-state index in [4.69, 9.17) is 5.11 Å². The Morgan fingerprint density at radius 1 is 1.08 bits per heavy atom. The quantitative estimate of drug-likeness (QED) is 0.934. The van der Waals surface area contributed by atoms with Crippen molar-refractivity contribution in [3.8, 4) is 0 Å². The van der Waals surface area contributed by atoms with Crippen LogP contribution in [0.3, 0.4) is 0 Å². The zero-order chi connectivity index (χ0) is 16.9. The van der Waals surface area contributed by atoms with E-state index in [0.29, 0.717) is 17.9 Å². The summed E-state index contributed by atoms with van der Waals surface area (Å²) in [5.74, 6) is -0.509. The van der Waals surface area contributed by atoms with E-state index in [9.17, 15) is 9.18 Å². The van der Waals surface area contributed by atoms with E-state index < -0.39 is 5.97 Å². The summed E-state index contributed by atoms with van der Waals surface area (Å²) < 4.78 is 13.8. The Balaban J connectivity index is 1.66. The molecule has 0 amide bonds. The minimum absolute atomic E-state index is 0.0555. The van der Waals surface area contributed by atoms with Gasteiger partial charge in [-0.2, -0.15) is 0 Å². The molecule has 1 aromatic carbocycles. The number of aromatic nitrogens is 1. The molecule has 5 nitrogen and oxygen atoms in total. The first kappa shape index (κ1) is 16.4. The lowest BCUT2D eigenvalue weighted by Gasteiger charge is -2.23. The molecule has 24 heavy (non-hydrogen) atoms. The first-order valence-corrected chi connectivity index (χ1v) is 8.04. The molecule has 1 saturated heterocycles. The Labute approximate surface area is 140 Å². The molecule has 0 aliphatic carbocycles. The maximum absolute atomic E-state index is 13.8. The van der Waals surface area contributed by atoms with Gasteiger partial charge in [0.1, 0.15) is 11.6 Å². The second kappa shape index (κ2) is 7.40. The molecule has 0 saturated carbocycles. The van der Waals surface area contributed by atoms with Gasteiger partial charge in [0.2, 0.25) is 0 Å². The maximum Gasteiger partial charge on any atom is 0.354 e. The van der Waals surface area contributed by atoms with Crippen LogP contribution in [0.4, 0.5) is 10.2 Å². The molecular formula is C18H20FN3O2. The van der Waals surface area contributed by atoms with Gasteiger partial charge in [0.05, 0.1) is 0 Å². The topological polar surface area (TPSA) is 56.7 Å². The average Bonchev–Trinajstić information content (AvgIpc) is 2.83. The molecule has 0 radical (unpaired) electrons. The Kier molecular flexibility index (Phi) is 5.05. The molecule has 126 valence electrons. The lowest BCUT2D eigenvalue weighted by molar-refractivity contribution is 0.0690. The zero-order valence-electron chi connectivity index (χ0n) is 13.4. The van der Waals surface area contributed by atoms with Crippen molar-refractivity contribution in [2.45, 2.75) is 13.0 Å². The zero-order valence-corrected chi connectivity index (χ0v) is 13.4. The molecule has 1 fully saturated rings. The predicted octanol–water partition coefficient (Wildman–Crippen LogP) is 2.63. The van der Waals surface area contributed by atoms with Crippen molar-refractivity contribution < 1.29 is 14.3 Å². The van der Waals surface area contributed by atoms with E-state index in [2.05, 4.69) is 14.8 Å². The number of pyridine rings is 1. The smallest absolute Gasteiger partial charge is 0.354 e. The Morgan fingerprint density at radius 2 is 1.92 bits per heavy atom. The van der Waals surface area contributed by atoms with Crippen LogP contribution in [0.15, 0.2) is 42.5 Å². The highest BCUT2D eigenvalue weighted by atomic mass is 19.1. The second-order valence-electron chi connectivity index (χ2n) is 5.89. The minimum Gasteiger partial charge on any atom is -0.477 e. The van der Waals surface area contributed by atoms with Crippen molar-refractivity contribution in [3.63, 3.8) is 0 Å². The van der Waals surface area contributed by atoms with E-state index in [1.165, 1.54) is 12.1 Å². The number of benzene rings is 1. The lowest BCUT2D eigenvalue weighted by Crippen LogP contribution is -2.31. The van der Waals surface area contributed by atoms with Gasteiger partial charge in [-0.25, -0.2) is 14.2 Å². The van der Waals surface area contributed by atoms with Gasteiger partial charge in [-0.15, -0.1) is 0 Å². The van der Waals surface area contributed by atoms with Gasteiger partial charge in [-0.3, -0.25) is 4.90 Å². The summed E-state index contributed by atoms with van der Waals surface area (Å²) in [6, 6.07) is 11.9. The number of carboxylic acid groups (broad SMARTS) is 1. The molecule has 3 rings (SSSR count). The first-order chi connectivity index (χ1) is 11.6. The van der Waals surface area contributed by atoms with Crippen molar-refractivity contribution in [3.05, 3.63) is 59.5 Å². The Hall–Kier alpha value is -2.47. The second-order valence-corrected chi connectivity index (χ2v) is 5.89. The third-order valence-electron chi connectivity index (χ3n) is 4.22. The molecule has 0 spiro atoms. The number of carboxylic acids is 1. The predicted molar refractivity (Wildman–Crippen MR) is 89.7 cm³/mol. The normalized spacial score (nSPS) is 16.0. The van der Waals surface area contributed by atoms with E-state index in [1.807, 2.05) is 18.2 Å². The number of hydrogen-bond donors (Lipinski definition) is 1. The fourth-order valence-corrected chi connectivity index (χ4v) is 2.94. The van der Waals surface area contributed by atoms with Crippen molar-refractivity contribution in [2.75, 3.05) is 31.1 Å². The monoisotopic (exact) mass is 329 g/mol. The summed E-state index contributed by atoms with van der Waals surface area (Å²) in [6.45, 7) is 3.80. The van der Waals surface area contributed by atoms with Crippen LogP contribution >= 0.6 is 0 Å². The molecule has 1 aliphatic heterocycles. The summed E-state index contributed by atoms with van der Waals surface area (Å²) >= 11 is 0.